The molecule has 1 N–H and O–H groups in total. The van der Waals surface area contributed by atoms with Crippen molar-refractivity contribution in [1.29, 1.82) is 0 Å². The van der Waals surface area contributed by atoms with Gasteiger partial charge in [-0.05, 0) is 38.3 Å². The lowest BCUT2D eigenvalue weighted by Crippen LogP contribution is -2.22. The standard InChI is InChI=1S/C23H22N4O5S2/c1-5-31-23(30)19-15(16-7-6-8-33-16)11-34-21(19)25-17(28)10-32-22(29)14-9-12(2)24-20-18(14)13(3)26-27(20)4/h6-9,11H,5,10H2,1-4H3,(H,25,28). The van der Waals surface area contributed by atoms with E-state index in [1.165, 1.54) is 22.7 Å². The molecule has 0 atom stereocenters. The van der Waals surface area contributed by atoms with E-state index in [1.807, 2.05) is 17.5 Å². The average Bonchev–Trinajstić information content (AvgIpc) is 3.52. The number of nitrogens with one attached hydrogen (secondary N) is 1. The van der Waals surface area contributed by atoms with Crippen molar-refractivity contribution < 1.29 is 23.9 Å². The molecule has 0 unspecified atom stereocenters. The summed E-state index contributed by atoms with van der Waals surface area (Å²) >= 11 is 2.69. The Morgan fingerprint density at radius 1 is 1.15 bits per heavy atom. The van der Waals surface area contributed by atoms with Crippen LogP contribution < -0.4 is 5.32 Å². The second kappa shape index (κ2) is 9.74. The molecule has 0 saturated carbocycles. The summed E-state index contributed by atoms with van der Waals surface area (Å²) in [5.41, 5.74) is 3.10. The number of pyridine rings is 1. The third kappa shape index (κ3) is 4.57. The number of aryl methyl sites for hydroxylation is 3. The van der Waals surface area contributed by atoms with Gasteiger partial charge >= 0.3 is 11.9 Å². The largest absolute Gasteiger partial charge is 0.462 e. The first kappa shape index (κ1) is 23.6. The number of aromatic nitrogens is 3. The third-order valence-corrected chi connectivity index (χ3v) is 6.76. The molecule has 0 fully saturated rings. The highest BCUT2D eigenvalue weighted by Crippen LogP contribution is 2.38. The number of carbonyl (C=O) groups is 3. The van der Waals surface area contributed by atoms with Crippen molar-refractivity contribution >= 4 is 56.6 Å². The number of esters is 2. The van der Waals surface area contributed by atoms with Crippen LogP contribution in [0, 0.1) is 13.8 Å². The summed E-state index contributed by atoms with van der Waals surface area (Å²) in [5, 5.41) is 11.6. The van der Waals surface area contributed by atoms with Gasteiger partial charge in [0.25, 0.3) is 5.91 Å². The van der Waals surface area contributed by atoms with E-state index >= 15 is 0 Å². The Morgan fingerprint density at radius 2 is 1.94 bits per heavy atom. The first-order valence-electron chi connectivity index (χ1n) is 10.4. The normalized spacial score (nSPS) is 10.9. The topological polar surface area (TPSA) is 112 Å². The minimum absolute atomic E-state index is 0.205. The van der Waals surface area contributed by atoms with Gasteiger partial charge in [0.2, 0.25) is 0 Å². The van der Waals surface area contributed by atoms with E-state index in [1.54, 1.807) is 43.9 Å². The van der Waals surface area contributed by atoms with Crippen molar-refractivity contribution in [2.75, 3.05) is 18.5 Å². The number of hydrogen-bond donors (Lipinski definition) is 1. The van der Waals surface area contributed by atoms with Crippen molar-refractivity contribution in [2.24, 2.45) is 7.05 Å². The number of hydrogen-bond acceptors (Lipinski definition) is 9. The van der Waals surface area contributed by atoms with Gasteiger partial charge in [-0.15, -0.1) is 22.7 Å². The molecule has 1 amide bonds. The molecule has 0 radical (unpaired) electrons. The smallest absolute Gasteiger partial charge is 0.341 e. The quantitative estimate of drug-likeness (QED) is 0.377. The molecule has 176 valence electrons. The minimum atomic E-state index is -0.655. The zero-order chi connectivity index (χ0) is 24.4. The highest BCUT2D eigenvalue weighted by molar-refractivity contribution is 7.17. The Hall–Kier alpha value is -3.57. The number of carbonyl (C=O) groups excluding carboxylic acids is 3. The Labute approximate surface area is 203 Å². The zero-order valence-electron chi connectivity index (χ0n) is 19.0. The van der Waals surface area contributed by atoms with Crippen molar-refractivity contribution in [3.63, 3.8) is 0 Å². The number of ether oxygens (including phenoxy) is 2. The second-order valence-corrected chi connectivity index (χ2v) is 9.22. The highest BCUT2D eigenvalue weighted by Gasteiger charge is 2.24. The molecule has 0 spiro atoms. The lowest BCUT2D eigenvalue weighted by molar-refractivity contribution is -0.119. The van der Waals surface area contributed by atoms with E-state index in [4.69, 9.17) is 9.47 Å². The fourth-order valence-corrected chi connectivity index (χ4v) is 5.36. The van der Waals surface area contributed by atoms with E-state index < -0.39 is 24.5 Å². The summed E-state index contributed by atoms with van der Waals surface area (Å²) in [6, 6.07) is 5.38. The first-order valence-corrected chi connectivity index (χ1v) is 12.2. The van der Waals surface area contributed by atoms with Crippen LogP contribution in [0.1, 0.15) is 39.0 Å². The molecular weight excluding hydrogens is 476 g/mol. The predicted molar refractivity (Wildman–Crippen MR) is 130 cm³/mol. The van der Waals surface area contributed by atoms with E-state index in [0.717, 1.165) is 4.88 Å². The van der Waals surface area contributed by atoms with Gasteiger partial charge in [-0.3, -0.25) is 9.48 Å². The summed E-state index contributed by atoms with van der Waals surface area (Å²) < 4.78 is 12.1. The number of rotatable bonds is 7. The van der Waals surface area contributed by atoms with Crippen LogP contribution in [-0.2, 0) is 21.3 Å². The predicted octanol–water partition coefficient (Wildman–Crippen LogP) is 4.35. The van der Waals surface area contributed by atoms with Crippen LogP contribution in [0.15, 0.2) is 29.0 Å². The maximum Gasteiger partial charge on any atom is 0.341 e. The minimum Gasteiger partial charge on any atom is -0.462 e. The van der Waals surface area contributed by atoms with E-state index in [2.05, 4.69) is 15.4 Å². The van der Waals surface area contributed by atoms with Gasteiger partial charge in [-0.25, -0.2) is 14.6 Å². The average molecular weight is 499 g/mol. The summed E-state index contributed by atoms with van der Waals surface area (Å²) in [5.74, 6) is -1.75. The van der Waals surface area contributed by atoms with E-state index in [9.17, 15) is 14.4 Å². The summed E-state index contributed by atoms with van der Waals surface area (Å²) in [7, 11) is 1.75. The van der Waals surface area contributed by atoms with Crippen molar-refractivity contribution in [1.82, 2.24) is 14.8 Å². The lowest BCUT2D eigenvalue weighted by atomic mass is 10.1. The SMILES string of the molecule is CCOC(=O)c1c(-c2cccs2)csc1NC(=O)COC(=O)c1cc(C)nc2c1c(C)nn2C. The molecule has 4 heterocycles. The molecular formula is C23H22N4O5S2. The molecule has 4 aromatic heterocycles. The molecule has 0 bridgehead atoms. The third-order valence-electron chi connectivity index (χ3n) is 4.96. The van der Waals surface area contributed by atoms with Gasteiger partial charge in [-0.2, -0.15) is 5.10 Å². The summed E-state index contributed by atoms with van der Waals surface area (Å²) in [6.45, 7) is 4.95. The Kier molecular flexibility index (Phi) is 6.75. The molecule has 0 aliphatic rings. The van der Waals surface area contributed by atoms with Gasteiger partial charge in [0, 0.05) is 28.6 Å². The van der Waals surface area contributed by atoms with Crippen LogP contribution in [-0.4, -0.2) is 45.8 Å². The molecule has 4 rings (SSSR count). The number of thiophene rings is 2. The van der Waals surface area contributed by atoms with Gasteiger partial charge in [-0.1, -0.05) is 6.07 Å². The molecule has 0 aliphatic heterocycles. The molecule has 4 aromatic rings. The van der Waals surface area contributed by atoms with Crippen LogP contribution in [0.3, 0.4) is 0 Å². The Morgan fingerprint density at radius 3 is 2.65 bits per heavy atom. The summed E-state index contributed by atoms with van der Waals surface area (Å²) in [4.78, 5) is 43.3. The molecule has 0 aromatic carbocycles. The van der Waals surface area contributed by atoms with E-state index in [-0.39, 0.29) is 12.2 Å². The van der Waals surface area contributed by atoms with Crippen LogP contribution >= 0.6 is 22.7 Å². The Balaban J connectivity index is 1.52. The molecule has 0 aliphatic carbocycles. The number of amides is 1. The van der Waals surface area contributed by atoms with Crippen molar-refractivity contribution in [2.45, 2.75) is 20.8 Å². The monoisotopic (exact) mass is 498 g/mol. The van der Waals surface area contributed by atoms with E-state index in [0.29, 0.717) is 38.5 Å². The second-order valence-electron chi connectivity index (χ2n) is 7.39. The Bertz CT molecular complexity index is 1390. The van der Waals surface area contributed by atoms with Crippen LogP contribution in [0.4, 0.5) is 5.00 Å². The maximum atomic E-state index is 12.8. The number of nitrogens with zero attached hydrogens (tertiary/aromatic N) is 3. The fourth-order valence-electron chi connectivity index (χ4n) is 3.57. The number of anilines is 1. The number of fused-ring (bicyclic) bond motifs is 1. The maximum absolute atomic E-state index is 12.8. The molecule has 9 nitrogen and oxygen atoms in total. The van der Waals surface area contributed by atoms with Gasteiger partial charge in [0.1, 0.15) is 10.6 Å². The first-order chi connectivity index (χ1) is 16.3. The summed E-state index contributed by atoms with van der Waals surface area (Å²) in [6.07, 6.45) is 0. The molecule has 34 heavy (non-hydrogen) atoms. The van der Waals surface area contributed by atoms with Crippen LogP contribution in [0.25, 0.3) is 21.5 Å². The van der Waals surface area contributed by atoms with Crippen LogP contribution in [0.5, 0.6) is 0 Å². The zero-order valence-corrected chi connectivity index (χ0v) is 20.6. The highest BCUT2D eigenvalue weighted by atomic mass is 32.1. The van der Waals surface area contributed by atoms with Gasteiger partial charge < -0.3 is 14.8 Å². The lowest BCUT2D eigenvalue weighted by Gasteiger charge is -2.09. The fraction of sp³-hybridized carbons (Fsp3) is 0.261. The van der Waals surface area contributed by atoms with Crippen molar-refractivity contribution in [3.05, 3.63) is 51.5 Å². The van der Waals surface area contributed by atoms with Crippen molar-refractivity contribution in [3.8, 4) is 10.4 Å². The molecule has 0 saturated heterocycles. The molecule has 11 heteroatoms. The van der Waals surface area contributed by atoms with Crippen LogP contribution in [0.2, 0.25) is 0 Å². The van der Waals surface area contributed by atoms with Gasteiger partial charge in [0.05, 0.1) is 23.3 Å². The van der Waals surface area contributed by atoms with Gasteiger partial charge in [0.15, 0.2) is 12.3 Å².